The van der Waals surface area contributed by atoms with Crippen LogP contribution in [0, 0.1) is 17.2 Å². The number of nitrogens with one attached hydrogen (secondary N) is 1. The third kappa shape index (κ3) is 2.89. The number of hydrogen-bond acceptors (Lipinski definition) is 5. The van der Waals surface area contributed by atoms with Crippen molar-refractivity contribution in [2.75, 3.05) is 5.75 Å². The Morgan fingerprint density at radius 2 is 2.29 bits per heavy atom. The molecule has 0 radical (unpaired) electrons. The van der Waals surface area contributed by atoms with Gasteiger partial charge in [0.1, 0.15) is 5.54 Å². The third-order valence-electron chi connectivity index (χ3n) is 3.73. The number of hydrogen-bond donors (Lipinski definition) is 1. The first-order chi connectivity index (χ1) is 10.1. The summed E-state index contributed by atoms with van der Waals surface area (Å²) in [5.41, 5.74) is 0.380. The van der Waals surface area contributed by atoms with E-state index in [0.29, 0.717) is 17.7 Å². The fourth-order valence-electron chi connectivity index (χ4n) is 2.62. The minimum absolute atomic E-state index is 0.293. The molecule has 0 aromatic carbocycles. The Bertz CT molecular complexity index is 670. The van der Waals surface area contributed by atoms with Gasteiger partial charge < -0.3 is 0 Å². The molecule has 110 valence electrons. The molecule has 1 atom stereocenters. The first-order valence-corrected chi connectivity index (χ1v) is 8.25. The Balaban J connectivity index is 1.79. The van der Waals surface area contributed by atoms with E-state index in [2.05, 4.69) is 35.4 Å². The van der Waals surface area contributed by atoms with E-state index in [1.54, 1.807) is 11.8 Å². The summed E-state index contributed by atoms with van der Waals surface area (Å²) in [5.74, 6) is 1.15. The molecule has 6 heteroatoms. The van der Waals surface area contributed by atoms with Gasteiger partial charge in [-0.15, -0.1) is 10.2 Å². The van der Waals surface area contributed by atoms with Gasteiger partial charge in [0.2, 0.25) is 0 Å². The molecule has 0 saturated heterocycles. The Morgan fingerprint density at radius 3 is 2.95 bits per heavy atom. The molecule has 0 bridgehead atoms. The summed E-state index contributed by atoms with van der Waals surface area (Å²) in [4.78, 5) is 0. The van der Waals surface area contributed by atoms with Crippen LogP contribution < -0.4 is 5.32 Å². The highest BCUT2D eigenvalue weighted by Crippen LogP contribution is 2.42. The quantitative estimate of drug-likeness (QED) is 0.830. The van der Waals surface area contributed by atoms with Crippen LogP contribution in [0.25, 0.3) is 5.65 Å². The Morgan fingerprint density at radius 1 is 1.48 bits per heavy atom. The summed E-state index contributed by atoms with van der Waals surface area (Å²) in [6.07, 6.45) is 4.22. The van der Waals surface area contributed by atoms with Crippen molar-refractivity contribution in [1.82, 2.24) is 19.9 Å². The summed E-state index contributed by atoms with van der Waals surface area (Å²) in [5, 5.41) is 22.4. The van der Waals surface area contributed by atoms with E-state index >= 15 is 0 Å². The topological polar surface area (TPSA) is 66.0 Å². The van der Waals surface area contributed by atoms with E-state index in [4.69, 9.17) is 0 Å². The SMILES string of the molecule is CC(C)NC(C#N)(CSc1nnc2ccccn12)C1CC1. The van der Waals surface area contributed by atoms with Gasteiger partial charge in [-0.3, -0.25) is 9.72 Å². The van der Waals surface area contributed by atoms with Crippen LogP contribution in [0.4, 0.5) is 0 Å². The maximum atomic E-state index is 9.71. The predicted molar refractivity (Wildman–Crippen MR) is 83.1 cm³/mol. The summed E-state index contributed by atoms with van der Waals surface area (Å²) in [6.45, 7) is 4.18. The number of pyridine rings is 1. The number of fused-ring (bicyclic) bond motifs is 1. The molecule has 1 unspecified atom stereocenters. The average Bonchev–Trinajstić information content (AvgIpc) is 3.25. The number of rotatable bonds is 6. The van der Waals surface area contributed by atoms with E-state index < -0.39 is 5.54 Å². The van der Waals surface area contributed by atoms with Crippen LogP contribution in [0.5, 0.6) is 0 Å². The maximum Gasteiger partial charge on any atom is 0.195 e. The molecular formula is C15H19N5S. The van der Waals surface area contributed by atoms with Gasteiger partial charge in [0.15, 0.2) is 10.8 Å². The van der Waals surface area contributed by atoms with Crippen molar-refractivity contribution in [3.63, 3.8) is 0 Å². The van der Waals surface area contributed by atoms with Crippen molar-refractivity contribution in [3.05, 3.63) is 24.4 Å². The fraction of sp³-hybridized carbons (Fsp3) is 0.533. The van der Waals surface area contributed by atoms with Crippen molar-refractivity contribution >= 4 is 17.4 Å². The molecule has 2 aromatic heterocycles. The van der Waals surface area contributed by atoms with Gasteiger partial charge in [-0.1, -0.05) is 17.8 Å². The minimum atomic E-state index is -0.459. The van der Waals surface area contributed by atoms with E-state index in [0.717, 1.165) is 23.6 Å². The molecule has 1 aliphatic carbocycles. The van der Waals surface area contributed by atoms with Gasteiger partial charge in [0.05, 0.1) is 6.07 Å². The molecule has 1 saturated carbocycles. The van der Waals surface area contributed by atoms with Crippen molar-refractivity contribution in [2.24, 2.45) is 5.92 Å². The first kappa shape index (κ1) is 14.4. The highest BCUT2D eigenvalue weighted by molar-refractivity contribution is 7.99. The van der Waals surface area contributed by atoms with Crippen LogP contribution in [-0.2, 0) is 0 Å². The zero-order valence-corrected chi connectivity index (χ0v) is 13.1. The summed E-state index contributed by atoms with van der Waals surface area (Å²) >= 11 is 1.60. The van der Waals surface area contributed by atoms with E-state index in [1.165, 1.54) is 0 Å². The zero-order chi connectivity index (χ0) is 14.9. The molecule has 1 N–H and O–H groups in total. The predicted octanol–water partition coefficient (Wildman–Crippen LogP) is 2.49. The molecule has 2 aromatic rings. The monoisotopic (exact) mass is 301 g/mol. The number of thioether (sulfide) groups is 1. The smallest absolute Gasteiger partial charge is 0.195 e. The highest BCUT2D eigenvalue weighted by atomic mass is 32.2. The van der Waals surface area contributed by atoms with Gasteiger partial charge in [0.25, 0.3) is 0 Å². The Labute approximate surface area is 128 Å². The van der Waals surface area contributed by atoms with Gasteiger partial charge >= 0.3 is 0 Å². The van der Waals surface area contributed by atoms with Crippen LogP contribution in [0.3, 0.4) is 0 Å². The summed E-state index contributed by atoms with van der Waals surface area (Å²) in [6, 6.07) is 8.67. The molecule has 2 heterocycles. The first-order valence-electron chi connectivity index (χ1n) is 7.26. The van der Waals surface area contributed by atoms with Gasteiger partial charge in [-0.2, -0.15) is 5.26 Å². The lowest BCUT2D eigenvalue weighted by Gasteiger charge is -2.29. The van der Waals surface area contributed by atoms with Crippen molar-refractivity contribution in [1.29, 1.82) is 5.26 Å². The highest BCUT2D eigenvalue weighted by Gasteiger charge is 2.46. The standard InChI is InChI=1S/C15H19N5S/c1-11(2)17-15(9-16,12-6-7-12)10-21-14-19-18-13-5-3-4-8-20(13)14/h3-5,8,11-12,17H,6-7,10H2,1-2H3. The van der Waals surface area contributed by atoms with Crippen LogP contribution in [0.15, 0.2) is 29.6 Å². The number of aromatic nitrogens is 3. The molecule has 21 heavy (non-hydrogen) atoms. The third-order valence-corrected chi connectivity index (χ3v) is 4.87. The second-order valence-corrected chi connectivity index (χ2v) is 6.80. The molecule has 0 spiro atoms. The van der Waals surface area contributed by atoms with E-state index in [9.17, 15) is 5.26 Å². The van der Waals surface area contributed by atoms with Crippen molar-refractivity contribution in [3.8, 4) is 6.07 Å². The van der Waals surface area contributed by atoms with Gasteiger partial charge in [-0.25, -0.2) is 0 Å². The van der Waals surface area contributed by atoms with Crippen LogP contribution in [0.2, 0.25) is 0 Å². The molecule has 3 rings (SSSR count). The van der Waals surface area contributed by atoms with E-state index in [-0.39, 0.29) is 0 Å². The number of nitrogens with zero attached hydrogens (tertiary/aromatic N) is 4. The summed E-state index contributed by atoms with van der Waals surface area (Å²) in [7, 11) is 0. The minimum Gasteiger partial charge on any atom is -0.296 e. The molecule has 0 amide bonds. The second kappa shape index (κ2) is 5.66. The molecule has 5 nitrogen and oxygen atoms in total. The van der Waals surface area contributed by atoms with Gasteiger partial charge in [0, 0.05) is 18.0 Å². The lowest BCUT2D eigenvalue weighted by Crippen LogP contribution is -2.51. The Hall–Kier alpha value is -1.58. The normalized spacial score (nSPS) is 17.8. The summed E-state index contributed by atoms with van der Waals surface area (Å²) < 4.78 is 1.97. The molecular weight excluding hydrogens is 282 g/mol. The fourth-order valence-corrected chi connectivity index (χ4v) is 3.75. The van der Waals surface area contributed by atoms with Crippen LogP contribution in [0.1, 0.15) is 26.7 Å². The van der Waals surface area contributed by atoms with Crippen molar-refractivity contribution in [2.45, 2.75) is 43.4 Å². The van der Waals surface area contributed by atoms with Crippen molar-refractivity contribution < 1.29 is 0 Å². The zero-order valence-electron chi connectivity index (χ0n) is 12.3. The van der Waals surface area contributed by atoms with Crippen LogP contribution in [-0.4, -0.2) is 31.9 Å². The van der Waals surface area contributed by atoms with E-state index in [1.807, 2.05) is 28.8 Å². The average molecular weight is 301 g/mol. The second-order valence-electron chi connectivity index (χ2n) is 5.86. The largest absolute Gasteiger partial charge is 0.296 e. The number of nitriles is 1. The maximum absolute atomic E-state index is 9.71. The van der Waals surface area contributed by atoms with Gasteiger partial charge in [-0.05, 0) is 44.7 Å². The molecule has 0 aliphatic heterocycles. The Kier molecular flexibility index (Phi) is 3.87. The molecule has 1 aliphatic rings. The lowest BCUT2D eigenvalue weighted by molar-refractivity contribution is 0.370. The lowest BCUT2D eigenvalue weighted by atomic mass is 9.96. The molecule has 1 fully saturated rings. The van der Waals surface area contributed by atoms with Crippen LogP contribution >= 0.6 is 11.8 Å².